The van der Waals surface area contributed by atoms with Crippen LogP contribution in [-0.4, -0.2) is 42.4 Å². The predicted octanol–water partition coefficient (Wildman–Crippen LogP) is 1.99. The molecule has 7 heteroatoms. The van der Waals surface area contributed by atoms with Crippen LogP contribution in [0.5, 0.6) is 0 Å². The Labute approximate surface area is 135 Å². The highest BCUT2D eigenvalue weighted by molar-refractivity contribution is 5.72. The second-order valence-corrected chi connectivity index (χ2v) is 6.35. The molecule has 2 atom stereocenters. The summed E-state index contributed by atoms with van der Waals surface area (Å²) in [7, 11) is 0. The summed E-state index contributed by atoms with van der Waals surface area (Å²) in [5, 5.41) is 11.7. The molecule has 0 radical (unpaired) electrons. The fraction of sp³-hybridized carbons (Fsp3) is 0.625. The SMILES string of the molecule is C[C@H](COCC(=O)O)[C@H](NCC(=O)OC(C)(C)C)c1ccco1. The molecule has 23 heavy (non-hydrogen) atoms. The second-order valence-electron chi connectivity index (χ2n) is 6.35. The van der Waals surface area contributed by atoms with Crippen LogP contribution in [0, 0.1) is 5.92 Å². The number of aliphatic carboxylic acids is 1. The molecule has 0 spiro atoms. The fourth-order valence-electron chi connectivity index (χ4n) is 2.05. The van der Waals surface area contributed by atoms with Gasteiger partial charge in [0.2, 0.25) is 0 Å². The van der Waals surface area contributed by atoms with Crippen LogP contribution in [0.2, 0.25) is 0 Å². The molecule has 0 amide bonds. The van der Waals surface area contributed by atoms with Gasteiger partial charge in [-0.3, -0.25) is 10.1 Å². The molecule has 0 fully saturated rings. The van der Waals surface area contributed by atoms with Crippen LogP contribution in [0.3, 0.4) is 0 Å². The van der Waals surface area contributed by atoms with E-state index in [1.165, 1.54) is 0 Å². The minimum absolute atomic E-state index is 0.0197. The third-order valence-corrected chi connectivity index (χ3v) is 2.91. The first-order valence-corrected chi connectivity index (χ1v) is 7.47. The quantitative estimate of drug-likeness (QED) is 0.669. The number of furan rings is 1. The zero-order chi connectivity index (χ0) is 17.5. The number of rotatable bonds is 9. The van der Waals surface area contributed by atoms with Crippen molar-refractivity contribution in [3.63, 3.8) is 0 Å². The lowest BCUT2D eigenvalue weighted by Gasteiger charge is -2.24. The molecular weight excluding hydrogens is 302 g/mol. The Hall–Kier alpha value is -1.86. The van der Waals surface area contributed by atoms with Crippen LogP contribution >= 0.6 is 0 Å². The summed E-state index contributed by atoms with van der Waals surface area (Å²) in [5.74, 6) is -0.830. The van der Waals surface area contributed by atoms with Crippen molar-refractivity contribution in [3.8, 4) is 0 Å². The summed E-state index contributed by atoms with van der Waals surface area (Å²) in [6.45, 7) is 7.18. The molecule has 1 rings (SSSR count). The average molecular weight is 327 g/mol. The van der Waals surface area contributed by atoms with E-state index in [0.717, 1.165) is 0 Å². The Morgan fingerprint density at radius 2 is 2.09 bits per heavy atom. The van der Waals surface area contributed by atoms with Crippen molar-refractivity contribution in [2.45, 2.75) is 39.3 Å². The monoisotopic (exact) mass is 327 g/mol. The van der Waals surface area contributed by atoms with Gasteiger partial charge >= 0.3 is 11.9 Å². The molecule has 0 aliphatic carbocycles. The molecule has 0 saturated carbocycles. The van der Waals surface area contributed by atoms with E-state index in [1.807, 2.05) is 6.92 Å². The molecule has 130 valence electrons. The third-order valence-electron chi connectivity index (χ3n) is 2.91. The molecule has 1 aromatic heterocycles. The predicted molar refractivity (Wildman–Crippen MR) is 82.9 cm³/mol. The van der Waals surface area contributed by atoms with Gasteiger partial charge in [0, 0.05) is 5.92 Å². The van der Waals surface area contributed by atoms with E-state index in [0.29, 0.717) is 5.76 Å². The van der Waals surface area contributed by atoms with Crippen LogP contribution in [0.15, 0.2) is 22.8 Å². The number of ether oxygens (including phenoxy) is 2. The smallest absolute Gasteiger partial charge is 0.329 e. The normalized spacial score (nSPS) is 14.3. The number of carboxylic acid groups (broad SMARTS) is 1. The van der Waals surface area contributed by atoms with Gasteiger partial charge in [-0.25, -0.2) is 4.79 Å². The highest BCUT2D eigenvalue weighted by atomic mass is 16.6. The first-order chi connectivity index (χ1) is 10.7. The minimum atomic E-state index is -1.02. The van der Waals surface area contributed by atoms with Crippen LogP contribution < -0.4 is 5.32 Å². The van der Waals surface area contributed by atoms with Gasteiger partial charge < -0.3 is 19.0 Å². The maximum absolute atomic E-state index is 11.8. The number of carbonyl (C=O) groups is 2. The van der Waals surface area contributed by atoms with Crippen molar-refractivity contribution in [2.75, 3.05) is 19.8 Å². The van der Waals surface area contributed by atoms with Crippen molar-refractivity contribution in [1.82, 2.24) is 5.32 Å². The molecule has 0 aliphatic heterocycles. The largest absolute Gasteiger partial charge is 0.480 e. The minimum Gasteiger partial charge on any atom is -0.480 e. The molecule has 0 aromatic carbocycles. The Morgan fingerprint density at radius 3 is 2.61 bits per heavy atom. The molecule has 1 heterocycles. The van der Waals surface area contributed by atoms with Gasteiger partial charge in [-0.2, -0.15) is 0 Å². The van der Waals surface area contributed by atoms with E-state index >= 15 is 0 Å². The van der Waals surface area contributed by atoms with E-state index < -0.39 is 11.6 Å². The number of carboxylic acids is 1. The van der Waals surface area contributed by atoms with E-state index in [1.54, 1.807) is 39.2 Å². The van der Waals surface area contributed by atoms with E-state index in [2.05, 4.69) is 5.32 Å². The van der Waals surface area contributed by atoms with Gasteiger partial charge in [0.1, 0.15) is 18.0 Å². The van der Waals surface area contributed by atoms with Crippen molar-refractivity contribution >= 4 is 11.9 Å². The van der Waals surface area contributed by atoms with E-state index in [4.69, 9.17) is 19.0 Å². The fourth-order valence-corrected chi connectivity index (χ4v) is 2.05. The van der Waals surface area contributed by atoms with Crippen molar-refractivity contribution in [2.24, 2.45) is 5.92 Å². The van der Waals surface area contributed by atoms with Gasteiger partial charge in [-0.05, 0) is 32.9 Å². The molecule has 2 N–H and O–H groups in total. The summed E-state index contributed by atoms with van der Waals surface area (Å²) < 4.78 is 15.8. The van der Waals surface area contributed by atoms with Gasteiger partial charge in [0.05, 0.1) is 25.5 Å². The summed E-state index contributed by atoms with van der Waals surface area (Å²) in [4.78, 5) is 22.3. The second kappa shape index (κ2) is 8.69. The van der Waals surface area contributed by atoms with Crippen LogP contribution in [-0.2, 0) is 19.1 Å². The lowest BCUT2D eigenvalue weighted by Crippen LogP contribution is -2.36. The van der Waals surface area contributed by atoms with Gasteiger partial charge in [-0.1, -0.05) is 6.92 Å². The van der Waals surface area contributed by atoms with Crippen molar-refractivity contribution < 1.29 is 28.6 Å². The van der Waals surface area contributed by atoms with Crippen LogP contribution in [0.25, 0.3) is 0 Å². The first-order valence-electron chi connectivity index (χ1n) is 7.47. The molecule has 0 unspecified atom stereocenters. The lowest BCUT2D eigenvalue weighted by molar-refractivity contribution is -0.153. The van der Waals surface area contributed by atoms with Crippen LogP contribution in [0.1, 0.15) is 39.5 Å². The first kappa shape index (κ1) is 19.2. The lowest BCUT2D eigenvalue weighted by atomic mass is 10.0. The summed E-state index contributed by atoms with van der Waals surface area (Å²) >= 11 is 0. The number of hydrogen-bond acceptors (Lipinski definition) is 6. The highest BCUT2D eigenvalue weighted by Crippen LogP contribution is 2.22. The molecule has 0 bridgehead atoms. The van der Waals surface area contributed by atoms with E-state index in [-0.39, 0.29) is 37.7 Å². The highest BCUT2D eigenvalue weighted by Gasteiger charge is 2.24. The molecule has 1 aromatic rings. The van der Waals surface area contributed by atoms with Crippen molar-refractivity contribution in [3.05, 3.63) is 24.2 Å². The van der Waals surface area contributed by atoms with Crippen molar-refractivity contribution in [1.29, 1.82) is 0 Å². The van der Waals surface area contributed by atoms with Gasteiger partial charge in [0.15, 0.2) is 0 Å². The Bertz CT molecular complexity index is 491. The average Bonchev–Trinajstić information content (AvgIpc) is 2.90. The summed E-state index contributed by atoms with van der Waals surface area (Å²) in [5.41, 5.74) is -0.546. The van der Waals surface area contributed by atoms with Crippen LogP contribution in [0.4, 0.5) is 0 Å². The standard InChI is InChI=1S/C16H25NO6/c1-11(9-21-10-13(18)19)15(12-6-5-7-22-12)17-8-14(20)23-16(2,3)4/h5-7,11,15,17H,8-10H2,1-4H3,(H,18,19)/t11-,15+/m1/s1. The van der Waals surface area contributed by atoms with E-state index in [9.17, 15) is 9.59 Å². The van der Waals surface area contributed by atoms with Gasteiger partial charge in [-0.15, -0.1) is 0 Å². The Morgan fingerprint density at radius 1 is 1.39 bits per heavy atom. The molecule has 0 aliphatic rings. The Balaban J connectivity index is 2.60. The number of carbonyl (C=O) groups excluding carboxylic acids is 1. The molecule has 0 saturated heterocycles. The summed E-state index contributed by atoms with van der Waals surface area (Å²) in [6, 6.07) is 3.26. The maximum Gasteiger partial charge on any atom is 0.329 e. The third kappa shape index (κ3) is 7.80. The topological polar surface area (TPSA) is 98.0 Å². The zero-order valence-corrected chi connectivity index (χ0v) is 14.0. The zero-order valence-electron chi connectivity index (χ0n) is 14.0. The number of esters is 1. The molecular formula is C16H25NO6. The number of hydrogen-bond donors (Lipinski definition) is 2. The van der Waals surface area contributed by atoms with Gasteiger partial charge in [0.25, 0.3) is 0 Å². The Kier molecular flexibility index (Phi) is 7.25. The molecule has 7 nitrogen and oxygen atoms in total. The summed E-state index contributed by atoms with van der Waals surface area (Å²) in [6.07, 6.45) is 1.54. The number of nitrogens with one attached hydrogen (secondary N) is 1. The maximum atomic E-state index is 11.8.